The Bertz CT molecular complexity index is 553. The minimum Gasteiger partial charge on any atom is -0.262 e. The molecule has 18 heavy (non-hydrogen) atoms. The zero-order chi connectivity index (χ0) is 13.3. The lowest BCUT2D eigenvalue weighted by Crippen LogP contribution is -1.99. The highest BCUT2D eigenvalue weighted by Gasteiger charge is 2.15. The van der Waals surface area contributed by atoms with Gasteiger partial charge in [0.25, 0.3) is 0 Å². The van der Waals surface area contributed by atoms with Crippen molar-refractivity contribution in [2.75, 3.05) is 0 Å². The number of nitrogens with zero attached hydrogens (tertiary/aromatic N) is 1. The molecule has 0 aliphatic heterocycles. The Balaban J connectivity index is 2.55. The number of aromatic nitrogens is 1. The molecule has 0 radical (unpaired) electrons. The summed E-state index contributed by atoms with van der Waals surface area (Å²) in [5, 5.41) is 0. The van der Waals surface area contributed by atoms with Gasteiger partial charge in [-0.05, 0) is 48.2 Å². The van der Waals surface area contributed by atoms with Crippen molar-refractivity contribution in [1.82, 2.24) is 4.98 Å². The highest BCUT2D eigenvalue weighted by Crippen LogP contribution is 2.28. The van der Waals surface area contributed by atoms with Crippen LogP contribution >= 0.6 is 0 Å². The quantitative estimate of drug-likeness (QED) is 0.763. The molecule has 0 saturated carbocycles. The van der Waals surface area contributed by atoms with Crippen LogP contribution in [-0.4, -0.2) is 4.98 Å². The Morgan fingerprint density at radius 3 is 2.11 bits per heavy atom. The maximum Gasteiger partial charge on any atom is 0.130 e. The van der Waals surface area contributed by atoms with Gasteiger partial charge in [0.15, 0.2) is 0 Å². The van der Waals surface area contributed by atoms with Crippen molar-refractivity contribution in [2.24, 2.45) is 0 Å². The molecule has 94 valence electrons. The minimum atomic E-state index is -0.491. The molecule has 0 fully saturated rings. The molecule has 1 nitrogen and oxygen atoms in total. The second-order valence-corrected chi connectivity index (χ2v) is 4.69. The molecule has 3 heteroatoms. The van der Waals surface area contributed by atoms with Gasteiger partial charge < -0.3 is 0 Å². The average molecular weight is 247 g/mol. The van der Waals surface area contributed by atoms with Gasteiger partial charge in [-0.3, -0.25) is 4.98 Å². The number of hydrogen-bond donors (Lipinski definition) is 0. The average Bonchev–Trinajstić information content (AvgIpc) is 2.27. The van der Waals surface area contributed by atoms with E-state index in [0.717, 1.165) is 11.3 Å². The molecule has 0 bridgehead atoms. The van der Waals surface area contributed by atoms with Crippen LogP contribution in [0.1, 0.15) is 31.0 Å². The first-order valence-electron chi connectivity index (χ1n) is 5.91. The minimum absolute atomic E-state index is 0.143. The van der Waals surface area contributed by atoms with Crippen LogP contribution in [0.25, 0.3) is 11.1 Å². The van der Waals surface area contributed by atoms with Crippen LogP contribution in [-0.2, 0) is 0 Å². The molecule has 1 aromatic heterocycles. The molecular weight excluding hydrogens is 232 g/mol. The van der Waals surface area contributed by atoms with E-state index in [1.165, 1.54) is 12.1 Å². The van der Waals surface area contributed by atoms with Gasteiger partial charge in [-0.15, -0.1) is 0 Å². The van der Waals surface area contributed by atoms with Gasteiger partial charge in [-0.2, -0.15) is 0 Å². The molecule has 0 spiro atoms. The molecule has 0 aliphatic rings. The molecule has 1 aromatic carbocycles. The van der Waals surface area contributed by atoms with Crippen LogP contribution in [0.5, 0.6) is 0 Å². The van der Waals surface area contributed by atoms with E-state index < -0.39 is 11.6 Å². The standard InChI is InChI=1S/C15H15F2N/c1-9(2)15-13(16)7-12(8-14(15)17)11-4-5-18-10(3)6-11/h4-9H,1-3H3. The first kappa shape index (κ1) is 12.7. The highest BCUT2D eigenvalue weighted by molar-refractivity contribution is 5.64. The molecule has 0 atom stereocenters. The largest absolute Gasteiger partial charge is 0.262 e. The van der Waals surface area contributed by atoms with E-state index in [-0.39, 0.29) is 11.5 Å². The Morgan fingerprint density at radius 2 is 1.61 bits per heavy atom. The fourth-order valence-corrected chi connectivity index (χ4v) is 2.03. The summed E-state index contributed by atoms with van der Waals surface area (Å²) in [5.41, 5.74) is 2.28. The van der Waals surface area contributed by atoms with Gasteiger partial charge in [0.2, 0.25) is 0 Å². The van der Waals surface area contributed by atoms with Crippen molar-refractivity contribution in [1.29, 1.82) is 0 Å². The van der Waals surface area contributed by atoms with E-state index in [4.69, 9.17) is 0 Å². The zero-order valence-electron chi connectivity index (χ0n) is 10.7. The summed E-state index contributed by atoms with van der Waals surface area (Å²) < 4.78 is 27.8. The normalized spacial score (nSPS) is 11.0. The monoisotopic (exact) mass is 247 g/mol. The zero-order valence-corrected chi connectivity index (χ0v) is 10.7. The lowest BCUT2D eigenvalue weighted by atomic mass is 9.97. The molecular formula is C15H15F2N. The van der Waals surface area contributed by atoms with Crippen molar-refractivity contribution in [3.05, 3.63) is 53.4 Å². The summed E-state index contributed by atoms with van der Waals surface area (Å²) in [5.74, 6) is -1.15. The SMILES string of the molecule is Cc1cc(-c2cc(F)c(C(C)C)c(F)c2)ccn1. The molecule has 2 aromatic rings. The third kappa shape index (κ3) is 2.40. The van der Waals surface area contributed by atoms with Crippen LogP contribution in [0.2, 0.25) is 0 Å². The predicted molar refractivity (Wildman–Crippen MR) is 68.4 cm³/mol. The fraction of sp³-hybridized carbons (Fsp3) is 0.267. The van der Waals surface area contributed by atoms with Crippen molar-refractivity contribution < 1.29 is 8.78 Å². The van der Waals surface area contributed by atoms with Crippen LogP contribution in [0, 0.1) is 18.6 Å². The Kier molecular flexibility index (Phi) is 3.41. The number of benzene rings is 1. The van der Waals surface area contributed by atoms with E-state index in [9.17, 15) is 8.78 Å². The number of aryl methyl sites for hydroxylation is 1. The third-order valence-electron chi connectivity index (χ3n) is 2.89. The lowest BCUT2D eigenvalue weighted by molar-refractivity contribution is 0.542. The van der Waals surface area contributed by atoms with Crippen molar-refractivity contribution in [2.45, 2.75) is 26.7 Å². The van der Waals surface area contributed by atoms with Crippen LogP contribution < -0.4 is 0 Å². The van der Waals surface area contributed by atoms with E-state index in [1.807, 2.05) is 13.0 Å². The molecule has 0 aliphatic carbocycles. The first-order valence-corrected chi connectivity index (χ1v) is 5.91. The summed E-state index contributed by atoms with van der Waals surface area (Å²) in [6, 6.07) is 6.32. The number of halogens is 2. The highest BCUT2D eigenvalue weighted by atomic mass is 19.1. The summed E-state index contributed by atoms with van der Waals surface area (Å²) in [6.45, 7) is 5.40. The lowest BCUT2D eigenvalue weighted by Gasteiger charge is -2.11. The van der Waals surface area contributed by atoms with E-state index >= 15 is 0 Å². The van der Waals surface area contributed by atoms with Gasteiger partial charge in [0.05, 0.1) is 0 Å². The second kappa shape index (κ2) is 4.84. The van der Waals surface area contributed by atoms with Crippen LogP contribution in [0.4, 0.5) is 8.78 Å². The molecule has 1 heterocycles. The predicted octanol–water partition coefficient (Wildman–Crippen LogP) is 4.46. The van der Waals surface area contributed by atoms with Crippen molar-refractivity contribution in [3.8, 4) is 11.1 Å². The second-order valence-electron chi connectivity index (χ2n) is 4.69. The summed E-state index contributed by atoms with van der Waals surface area (Å²) in [4.78, 5) is 4.07. The van der Waals surface area contributed by atoms with Gasteiger partial charge >= 0.3 is 0 Å². The van der Waals surface area contributed by atoms with E-state index in [1.54, 1.807) is 26.1 Å². The first-order chi connectivity index (χ1) is 8.49. The maximum atomic E-state index is 13.9. The van der Waals surface area contributed by atoms with Gasteiger partial charge in [-0.1, -0.05) is 13.8 Å². The summed E-state index contributed by atoms with van der Waals surface area (Å²) in [6.07, 6.45) is 1.64. The van der Waals surface area contributed by atoms with Gasteiger partial charge in [0.1, 0.15) is 11.6 Å². The summed E-state index contributed by atoms with van der Waals surface area (Å²) in [7, 11) is 0. The number of pyridine rings is 1. The molecule has 0 amide bonds. The van der Waals surface area contributed by atoms with E-state index in [0.29, 0.717) is 5.56 Å². The maximum absolute atomic E-state index is 13.9. The number of hydrogen-bond acceptors (Lipinski definition) is 1. The van der Waals surface area contributed by atoms with Gasteiger partial charge in [-0.25, -0.2) is 8.78 Å². The smallest absolute Gasteiger partial charge is 0.130 e. The Morgan fingerprint density at radius 1 is 1.00 bits per heavy atom. The Labute approximate surface area is 105 Å². The molecule has 0 N–H and O–H groups in total. The van der Waals surface area contributed by atoms with Crippen LogP contribution in [0.3, 0.4) is 0 Å². The van der Waals surface area contributed by atoms with Crippen molar-refractivity contribution in [3.63, 3.8) is 0 Å². The van der Waals surface area contributed by atoms with E-state index in [2.05, 4.69) is 4.98 Å². The fourth-order valence-electron chi connectivity index (χ4n) is 2.03. The van der Waals surface area contributed by atoms with Crippen LogP contribution in [0.15, 0.2) is 30.5 Å². The Hall–Kier alpha value is -1.77. The molecule has 0 saturated heterocycles. The van der Waals surface area contributed by atoms with Crippen molar-refractivity contribution >= 4 is 0 Å². The molecule has 2 rings (SSSR count). The molecule has 0 unspecified atom stereocenters. The number of rotatable bonds is 2. The third-order valence-corrected chi connectivity index (χ3v) is 2.89. The topological polar surface area (TPSA) is 12.9 Å². The summed E-state index contributed by atoms with van der Waals surface area (Å²) >= 11 is 0. The van der Waals surface area contributed by atoms with Gasteiger partial charge in [0, 0.05) is 17.5 Å².